The lowest BCUT2D eigenvalue weighted by molar-refractivity contribution is -0.114. The van der Waals surface area contributed by atoms with Gasteiger partial charge in [0.05, 0.1) is 16.7 Å². The number of pyridine rings is 1. The predicted molar refractivity (Wildman–Crippen MR) is 81.3 cm³/mol. The number of nitrogens with zero attached hydrogens (tertiary/aromatic N) is 2. The van der Waals surface area contributed by atoms with Gasteiger partial charge in [0.25, 0.3) is 5.91 Å². The van der Waals surface area contributed by atoms with Crippen LogP contribution in [0.2, 0.25) is 0 Å². The van der Waals surface area contributed by atoms with Gasteiger partial charge in [-0.15, -0.1) is 11.3 Å². The summed E-state index contributed by atoms with van der Waals surface area (Å²) in [5, 5.41) is 8.31. The molecule has 6 nitrogen and oxygen atoms in total. The van der Waals surface area contributed by atoms with E-state index in [1.807, 2.05) is 19.2 Å². The van der Waals surface area contributed by atoms with Gasteiger partial charge in [-0.1, -0.05) is 0 Å². The highest BCUT2D eigenvalue weighted by Crippen LogP contribution is 2.16. The summed E-state index contributed by atoms with van der Waals surface area (Å²) in [6, 6.07) is 2.95. The van der Waals surface area contributed by atoms with Crippen LogP contribution in [0.1, 0.15) is 40.9 Å². The molecule has 0 aliphatic carbocycles. The molecule has 0 aliphatic heterocycles. The van der Waals surface area contributed by atoms with Crippen LogP contribution in [0.25, 0.3) is 0 Å². The van der Waals surface area contributed by atoms with Gasteiger partial charge in [0.15, 0.2) is 0 Å². The number of amides is 2. The molecule has 0 radical (unpaired) electrons. The standard InChI is InChI=1S/C14H16N4O2S/c1-8(12-7-21-10(3)18-12)16-14(20)11-4-5-15-13(6-11)17-9(2)19/h4-8H,1-3H3,(H,16,20)(H,15,17,19). The SMILES string of the molecule is CC(=O)Nc1cc(C(=O)NC(C)c2csc(C)n2)ccn1. The van der Waals surface area contributed by atoms with Gasteiger partial charge in [0.1, 0.15) is 5.82 Å². The first kappa shape index (κ1) is 15.1. The second kappa shape index (κ2) is 6.45. The molecule has 2 aromatic rings. The summed E-state index contributed by atoms with van der Waals surface area (Å²) in [6.45, 7) is 5.19. The predicted octanol–water partition coefficient (Wildman–Crippen LogP) is 2.30. The maximum Gasteiger partial charge on any atom is 0.251 e. The Hall–Kier alpha value is -2.28. The second-order valence-corrected chi connectivity index (χ2v) is 5.66. The third-order valence-electron chi connectivity index (χ3n) is 2.75. The Morgan fingerprint density at radius 2 is 2.14 bits per heavy atom. The van der Waals surface area contributed by atoms with E-state index in [0.717, 1.165) is 10.7 Å². The van der Waals surface area contributed by atoms with Gasteiger partial charge < -0.3 is 10.6 Å². The summed E-state index contributed by atoms with van der Waals surface area (Å²) >= 11 is 1.55. The van der Waals surface area contributed by atoms with Gasteiger partial charge in [-0.2, -0.15) is 0 Å². The summed E-state index contributed by atoms with van der Waals surface area (Å²) in [6.07, 6.45) is 1.48. The van der Waals surface area contributed by atoms with Crippen LogP contribution < -0.4 is 10.6 Å². The van der Waals surface area contributed by atoms with E-state index in [4.69, 9.17) is 0 Å². The fourth-order valence-corrected chi connectivity index (χ4v) is 2.46. The number of rotatable bonds is 4. The lowest BCUT2D eigenvalue weighted by atomic mass is 10.2. The minimum Gasteiger partial charge on any atom is -0.344 e. The maximum atomic E-state index is 12.2. The fraction of sp³-hybridized carbons (Fsp3) is 0.286. The van der Waals surface area contributed by atoms with Crippen molar-refractivity contribution in [3.8, 4) is 0 Å². The first-order valence-corrected chi connectivity index (χ1v) is 7.30. The number of hydrogen-bond acceptors (Lipinski definition) is 5. The van der Waals surface area contributed by atoms with Crippen molar-refractivity contribution >= 4 is 29.0 Å². The highest BCUT2D eigenvalue weighted by Gasteiger charge is 2.14. The third-order valence-corrected chi connectivity index (χ3v) is 3.55. The van der Waals surface area contributed by atoms with Crippen molar-refractivity contribution in [2.24, 2.45) is 0 Å². The molecule has 2 amide bonds. The van der Waals surface area contributed by atoms with Gasteiger partial charge >= 0.3 is 0 Å². The Balaban J connectivity index is 2.07. The Labute approximate surface area is 126 Å². The van der Waals surface area contributed by atoms with Crippen molar-refractivity contribution in [1.82, 2.24) is 15.3 Å². The van der Waals surface area contributed by atoms with Gasteiger partial charge in [-0.3, -0.25) is 9.59 Å². The lowest BCUT2D eigenvalue weighted by Crippen LogP contribution is -2.27. The molecule has 21 heavy (non-hydrogen) atoms. The highest BCUT2D eigenvalue weighted by atomic mass is 32.1. The quantitative estimate of drug-likeness (QED) is 0.907. The van der Waals surface area contributed by atoms with Crippen LogP contribution in [0, 0.1) is 6.92 Å². The molecule has 1 unspecified atom stereocenters. The van der Waals surface area contributed by atoms with Crippen LogP contribution in [0.4, 0.5) is 5.82 Å². The molecule has 7 heteroatoms. The van der Waals surface area contributed by atoms with Crippen molar-refractivity contribution < 1.29 is 9.59 Å². The molecule has 110 valence electrons. The van der Waals surface area contributed by atoms with E-state index in [-0.39, 0.29) is 17.9 Å². The number of hydrogen-bond donors (Lipinski definition) is 2. The molecule has 2 heterocycles. The second-order valence-electron chi connectivity index (χ2n) is 4.60. The Morgan fingerprint density at radius 1 is 1.38 bits per heavy atom. The Morgan fingerprint density at radius 3 is 2.76 bits per heavy atom. The van der Waals surface area contributed by atoms with Crippen molar-refractivity contribution in [3.63, 3.8) is 0 Å². The molecule has 0 spiro atoms. The number of thiazole rings is 1. The Bertz CT molecular complexity index is 668. The van der Waals surface area contributed by atoms with E-state index < -0.39 is 0 Å². The molecule has 1 atom stereocenters. The van der Waals surface area contributed by atoms with Gasteiger partial charge in [0.2, 0.25) is 5.91 Å². The number of aryl methyl sites for hydroxylation is 1. The molecule has 0 bridgehead atoms. The smallest absolute Gasteiger partial charge is 0.251 e. The zero-order chi connectivity index (χ0) is 15.4. The first-order chi connectivity index (χ1) is 9.95. The van der Waals surface area contributed by atoms with E-state index in [0.29, 0.717) is 11.4 Å². The summed E-state index contributed by atoms with van der Waals surface area (Å²) in [4.78, 5) is 31.5. The molecule has 0 saturated heterocycles. The highest BCUT2D eigenvalue weighted by molar-refractivity contribution is 7.09. The first-order valence-electron chi connectivity index (χ1n) is 6.42. The van der Waals surface area contributed by atoms with E-state index in [1.54, 1.807) is 17.4 Å². The van der Waals surface area contributed by atoms with Crippen LogP contribution >= 0.6 is 11.3 Å². The average molecular weight is 304 g/mol. The van der Waals surface area contributed by atoms with Crippen molar-refractivity contribution in [2.45, 2.75) is 26.8 Å². The zero-order valence-electron chi connectivity index (χ0n) is 12.0. The molecule has 0 aromatic carbocycles. The van der Waals surface area contributed by atoms with Crippen LogP contribution in [0.3, 0.4) is 0 Å². The van der Waals surface area contributed by atoms with E-state index >= 15 is 0 Å². The number of aromatic nitrogens is 2. The molecular weight excluding hydrogens is 288 g/mol. The molecule has 2 N–H and O–H groups in total. The van der Waals surface area contributed by atoms with Crippen molar-refractivity contribution in [2.75, 3.05) is 5.32 Å². The maximum absolute atomic E-state index is 12.2. The van der Waals surface area contributed by atoms with Gasteiger partial charge in [-0.05, 0) is 26.0 Å². The summed E-state index contributed by atoms with van der Waals surface area (Å²) in [7, 11) is 0. The molecule has 0 saturated carbocycles. The Kier molecular flexibility index (Phi) is 4.64. The van der Waals surface area contributed by atoms with Crippen LogP contribution in [0.5, 0.6) is 0 Å². The number of anilines is 1. The van der Waals surface area contributed by atoms with Crippen molar-refractivity contribution in [3.05, 3.63) is 40.0 Å². The minimum atomic E-state index is -0.234. The van der Waals surface area contributed by atoms with Crippen LogP contribution in [-0.2, 0) is 4.79 Å². The summed E-state index contributed by atoms with van der Waals surface area (Å²) in [5.41, 5.74) is 1.27. The van der Waals surface area contributed by atoms with Crippen molar-refractivity contribution in [1.29, 1.82) is 0 Å². The molecule has 0 aliphatic rings. The normalized spacial score (nSPS) is 11.8. The lowest BCUT2D eigenvalue weighted by Gasteiger charge is -2.12. The van der Waals surface area contributed by atoms with Crippen LogP contribution in [0.15, 0.2) is 23.7 Å². The third kappa shape index (κ3) is 4.09. The van der Waals surface area contributed by atoms with E-state index in [1.165, 1.54) is 19.2 Å². The fourth-order valence-electron chi connectivity index (χ4n) is 1.75. The molecule has 0 fully saturated rings. The van der Waals surface area contributed by atoms with Crippen LogP contribution in [-0.4, -0.2) is 21.8 Å². The van der Waals surface area contributed by atoms with Gasteiger partial charge in [0, 0.05) is 24.1 Å². The minimum absolute atomic E-state index is 0.181. The van der Waals surface area contributed by atoms with Gasteiger partial charge in [-0.25, -0.2) is 9.97 Å². The summed E-state index contributed by atoms with van der Waals surface area (Å²) in [5.74, 6) is -0.110. The largest absolute Gasteiger partial charge is 0.344 e. The molecule has 2 aromatic heterocycles. The zero-order valence-corrected chi connectivity index (χ0v) is 12.8. The topological polar surface area (TPSA) is 84.0 Å². The molecular formula is C14H16N4O2S. The monoisotopic (exact) mass is 304 g/mol. The van der Waals surface area contributed by atoms with E-state index in [9.17, 15) is 9.59 Å². The summed E-state index contributed by atoms with van der Waals surface area (Å²) < 4.78 is 0. The average Bonchev–Trinajstić information content (AvgIpc) is 2.85. The number of carbonyl (C=O) groups is 2. The van der Waals surface area contributed by atoms with E-state index in [2.05, 4.69) is 20.6 Å². The number of nitrogens with one attached hydrogen (secondary N) is 2. The molecule has 2 rings (SSSR count). The number of carbonyl (C=O) groups excluding carboxylic acids is 2.